The van der Waals surface area contributed by atoms with E-state index in [2.05, 4.69) is 9.97 Å². The van der Waals surface area contributed by atoms with Crippen LogP contribution in [0.2, 0.25) is 0 Å². The van der Waals surface area contributed by atoms with E-state index < -0.39 is 11.9 Å². The Morgan fingerprint density at radius 2 is 2.20 bits per heavy atom. The van der Waals surface area contributed by atoms with E-state index in [4.69, 9.17) is 9.84 Å². The molecular formula is C10H12N2O3. The summed E-state index contributed by atoms with van der Waals surface area (Å²) in [5.74, 6) is -1.22. The second kappa shape index (κ2) is 3.58. The number of nitrogens with zero attached hydrogens (tertiary/aromatic N) is 2. The van der Waals surface area contributed by atoms with Crippen LogP contribution in [-0.2, 0) is 22.7 Å². The van der Waals surface area contributed by atoms with Crippen LogP contribution in [0, 0.1) is 6.92 Å². The molecule has 0 saturated carbocycles. The van der Waals surface area contributed by atoms with E-state index >= 15 is 0 Å². The molecule has 2 rings (SSSR count). The number of hydrogen-bond acceptors (Lipinski definition) is 4. The molecule has 15 heavy (non-hydrogen) atoms. The molecule has 1 aliphatic rings. The molecule has 0 aromatic carbocycles. The molecule has 1 aromatic rings. The van der Waals surface area contributed by atoms with Crippen molar-refractivity contribution in [3.63, 3.8) is 0 Å². The molecule has 0 amide bonds. The van der Waals surface area contributed by atoms with E-state index in [0.717, 1.165) is 17.0 Å². The van der Waals surface area contributed by atoms with E-state index in [-0.39, 0.29) is 0 Å². The van der Waals surface area contributed by atoms with Gasteiger partial charge in [-0.1, -0.05) is 0 Å². The Morgan fingerprint density at radius 3 is 2.87 bits per heavy atom. The van der Waals surface area contributed by atoms with Crippen molar-refractivity contribution in [2.45, 2.75) is 33.0 Å². The molecular weight excluding hydrogens is 196 g/mol. The first-order chi connectivity index (χ1) is 7.09. The molecule has 1 atom stereocenters. The third kappa shape index (κ3) is 1.70. The fourth-order valence-corrected chi connectivity index (χ4v) is 1.54. The second-order valence-electron chi connectivity index (χ2n) is 3.65. The van der Waals surface area contributed by atoms with Crippen molar-refractivity contribution >= 4 is 5.97 Å². The topological polar surface area (TPSA) is 72.3 Å². The number of carbonyl (C=O) groups is 1. The zero-order valence-corrected chi connectivity index (χ0v) is 8.65. The molecule has 1 aliphatic heterocycles. The Hall–Kier alpha value is -1.49. The van der Waals surface area contributed by atoms with Gasteiger partial charge in [0.2, 0.25) is 0 Å². The van der Waals surface area contributed by atoms with E-state index in [1.165, 1.54) is 0 Å². The predicted molar refractivity (Wildman–Crippen MR) is 51.3 cm³/mol. The first kappa shape index (κ1) is 10.0. The molecule has 0 radical (unpaired) electrons. The molecule has 0 aliphatic carbocycles. The summed E-state index contributed by atoms with van der Waals surface area (Å²) < 4.78 is 5.24. The van der Waals surface area contributed by atoms with Crippen LogP contribution in [0.15, 0.2) is 0 Å². The number of aromatic nitrogens is 2. The van der Waals surface area contributed by atoms with Gasteiger partial charge in [0, 0.05) is 11.3 Å². The molecule has 0 saturated heterocycles. The van der Waals surface area contributed by atoms with Crippen LogP contribution in [0.3, 0.4) is 0 Å². The van der Waals surface area contributed by atoms with Crippen molar-refractivity contribution < 1.29 is 14.6 Å². The van der Waals surface area contributed by atoms with E-state index in [1.54, 1.807) is 6.92 Å². The van der Waals surface area contributed by atoms with Crippen molar-refractivity contribution in [1.29, 1.82) is 0 Å². The SMILES string of the molecule is Cc1nc(C(C)C(=O)O)nc2c1COC2. The predicted octanol–water partition coefficient (Wildman–Crippen LogP) is 1.00. The maximum atomic E-state index is 10.8. The summed E-state index contributed by atoms with van der Waals surface area (Å²) in [5, 5.41) is 8.86. The van der Waals surface area contributed by atoms with Gasteiger partial charge in [-0.05, 0) is 13.8 Å². The highest BCUT2D eigenvalue weighted by Gasteiger charge is 2.22. The van der Waals surface area contributed by atoms with Gasteiger partial charge >= 0.3 is 5.97 Å². The van der Waals surface area contributed by atoms with Crippen LogP contribution >= 0.6 is 0 Å². The summed E-state index contributed by atoms with van der Waals surface area (Å²) in [6, 6.07) is 0. The van der Waals surface area contributed by atoms with E-state index in [1.807, 2.05) is 6.92 Å². The Kier molecular flexibility index (Phi) is 2.40. The van der Waals surface area contributed by atoms with Gasteiger partial charge in [0.15, 0.2) is 0 Å². The quantitative estimate of drug-likeness (QED) is 0.785. The number of carboxylic acids is 1. The summed E-state index contributed by atoms with van der Waals surface area (Å²) in [6.07, 6.45) is 0. The highest BCUT2D eigenvalue weighted by molar-refractivity contribution is 5.74. The summed E-state index contributed by atoms with van der Waals surface area (Å²) in [5.41, 5.74) is 2.64. The first-order valence-corrected chi connectivity index (χ1v) is 4.76. The highest BCUT2D eigenvalue weighted by atomic mass is 16.5. The van der Waals surface area contributed by atoms with Crippen molar-refractivity contribution in [3.8, 4) is 0 Å². The standard InChI is InChI=1S/C10H12N2O3/c1-5(10(13)14)9-11-6(2)7-3-15-4-8(7)12-9/h5H,3-4H2,1-2H3,(H,13,14). The third-order valence-electron chi connectivity index (χ3n) is 2.56. The van der Waals surface area contributed by atoms with Crippen LogP contribution in [0.4, 0.5) is 0 Å². The lowest BCUT2D eigenvalue weighted by molar-refractivity contribution is -0.138. The van der Waals surface area contributed by atoms with Crippen LogP contribution in [0.1, 0.15) is 35.6 Å². The van der Waals surface area contributed by atoms with Gasteiger partial charge < -0.3 is 9.84 Å². The maximum absolute atomic E-state index is 10.8. The lowest BCUT2D eigenvalue weighted by atomic mass is 10.1. The molecule has 1 unspecified atom stereocenters. The molecule has 1 N–H and O–H groups in total. The molecule has 5 nitrogen and oxygen atoms in total. The van der Waals surface area contributed by atoms with Gasteiger partial charge in [-0.15, -0.1) is 0 Å². The molecule has 0 bridgehead atoms. The number of ether oxygens (including phenoxy) is 1. The van der Waals surface area contributed by atoms with Crippen LogP contribution in [-0.4, -0.2) is 21.0 Å². The van der Waals surface area contributed by atoms with Gasteiger partial charge in [0.1, 0.15) is 11.7 Å². The van der Waals surface area contributed by atoms with Gasteiger partial charge in [-0.3, -0.25) is 4.79 Å². The van der Waals surface area contributed by atoms with E-state index in [9.17, 15) is 4.79 Å². The van der Waals surface area contributed by atoms with Crippen LogP contribution < -0.4 is 0 Å². The van der Waals surface area contributed by atoms with Gasteiger partial charge in [-0.2, -0.15) is 0 Å². The number of aryl methyl sites for hydroxylation is 1. The largest absolute Gasteiger partial charge is 0.481 e. The Balaban J connectivity index is 2.43. The molecule has 0 spiro atoms. The monoisotopic (exact) mass is 208 g/mol. The van der Waals surface area contributed by atoms with Gasteiger partial charge in [0.25, 0.3) is 0 Å². The number of rotatable bonds is 2. The van der Waals surface area contributed by atoms with Crippen LogP contribution in [0.25, 0.3) is 0 Å². The van der Waals surface area contributed by atoms with Crippen molar-refractivity contribution in [3.05, 3.63) is 22.8 Å². The maximum Gasteiger partial charge on any atom is 0.313 e. The highest BCUT2D eigenvalue weighted by Crippen LogP contribution is 2.22. The lowest BCUT2D eigenvalue weighted by Crippen LogP contribution is -2.13. The average Bonchev–Trinajstić information content (AvgIpc) is 2.64. The number of hydrogen-bond donors (Lipinski definition) is 1. The van der Waals surface area contributed by atoms with Crippen molar-refractivity contribution in [2.75, 3.05) is 0 Å². The van der Waals surface area contributed by atoms with Gasteiger partial charge in [0.05, 0.1) is 18.9 Å². The first-order valence-electron chi connectivity index (χ1n) is 4.76. The molecule has 0 fully saturated rings. The molecule has 5 heteroatoms. The zero-order valence-electron chi connectivity index (χ0n) is 8.65. The summed E-state index contributed by atoms with van der Waals surface area (Å²) in [4.78, 5) is 19.2. The van der Waals surface area contributed by atoms with Crippen molar-refractivity contribution in [1.82, 2.24) is 9.97 Å². The lowest BCUT2D eigenvalue weighted by Gasteiger charge is -2.08. The minimum Gasteiger partial charge on any atom is -0.481 e. The average molecular weight is 208 g/mol. The summed E-state index contributed by atoms with van der Waals surface area (Å²) >= 11 is 0. The Labute approximate surface area is 87.1 Å². The summed E-state index contributed by atoms with van der Waals surface area (Å²) in [7, 11) is 0. The van der Waals surface area contributed by atoms with Gasteiger partial charge in [-0.25, -0.2) is 9.97 Å². The van der Waals surface area contributed by atoms with Crippen LogP contribution in [0.5, 0.6) is 0 Å². The third-order valence-corrected chi connectivity index (χ3v) is 2.56. The smallest absolute Gasteiger partial charge is 0.313 e. The fraction of sp³-hybridized carbons (Fsp3) is 0.500. The van der Waals surface area contributed by atoms with Crippen molar-refractivity contribution in [2.24, 2.45) is 0 Å². The minimum absolute atomic E-state index is 0.365. The number of fused-ring (bicyclic) bond motifs is 1. The fourth-order valence-electron chi connectivity index (χ4n) is 1.54. The number of carboxylic acid groups (broad SMARTS) is 1. The number of aliphatic carboxylic acids is 1. The molecule has 2 heterocycles. The minimum atomic E-state index is -0.909. The second-order valence-corrected chi connectivity index (χ2v) is 3.65. The Morgan fingerprint density at radius 1 is 1.47 bits per heavy atom. The molecule has 1 aromatic heterocycles. The van der Waals surface area contributed by atoms with E-state index in [0.29, 0.717) is 19.0 Å². The summed E-state index contributed by atoms with van der Waals surface area (Å²) in [6.45, 7) is 4.42. The zero-order chi connectivity index (χ0) is 11.0. The molecule has 80 valence electrons. The normalized spacial score (nSPS) is 16.1. The Bertz CT molecular complexity index is 417.